The number of nitrogens with zero attached hydrogens (tertiary/aromatic N) is 3. The van der Waals surface area contributed by atoms with Crippen molar-refractivity contribution in [3.05, 3.63) is 60.2 Å². The predicted molar refractivity (Wildman–Crippen MR) is 193 cm³/mol. The van der Waals surface area contributed by atoms with Gasteiger partial charge in [-0.2, -0.15) is 0 Å². The Labute approximate surface area is 309 Å². The molecule has 2 aromatic rings. The molecule has 1 aromatic carbocycles. The molecule has 5 amide bonds. The third kappa shape index (κ3) is 10.2. The molecule has 4 rings (SSSR count). The van der Waals surface area contributed by atoms with E-state index in [9.17, 15) is 38.7 Å². The zero-order valence-electron chi connectivity index (χ0n) is 30.9. The molecule has 2 fully saturated rings. The molecule has 2 heterocycles. The standard InChI is InChI=1S/C38H51N7O8/c1-6-11-26(32(46)36(50)42-27(38(52)53)18-23-12-8-7-9-13-23)41-35(49)31-25-15-10-14-24(25)20-45(31)37(51)30(22(4)5)44-34(48)29(21(2)3)43-33(47)28-19-39-16-17-40-28/h7-9,12-13,16-17,19,21-22,24-27,29-31H,6,10-11,14-15,18,20H2,1-5H3,(H,41,49)(H,42,50)(H,43,47)(H,44,48)(H,52,53)/t24-,25-,26?,27-,29+,30?,31?/m0/s1. The minimum atomic E-state index is -1.37. The first-order chi connectivity index (χ1) is 25.2. The maximum atomic E-state index is 14.3. The molecule has 1 aliphatic carbocycles. The Bertz CT molecular complexity index is 1640. The monoisotopic (exact) mass is 733 g/mol. The highest BCUT2D eigenvalue weighted by atomic mass is 16.4. The number of aliphatic carboxylic acids is 1. The average molecular weight is 734 g/mol. The molecule has 1 aromatic heterocycles. The summed E-state index contributed by atoms with van der Waals surface area (Å²) in [4.78, 5) is 103. The minimum Gasteiger partial charge on any atom is -0.480 e. The van der Waals surface area contributed by atoms with E-state index in [1.165, 1.54) is 23.5 Å². The Balaban J connectivity index is 1.50. The van der Waals surface area contributed by atoms with Gasteiger partial charge < -0.3 is 31.3 Å². The summed E-state index contributed by atoms with van der Waals surface area (Å²) in [7, 11) is 0. The molecular weight excluding hydrogens is 682 g/mol. The van der Waals surface area contributed by atoms with Crippen LogP contribution in [0, 0.1) is 23.7 Å². The lowest BCUT2D eigenvalue weighted by molar-refractivity contribution is -0.146. The van der Waals surface area contributed by atoms with Crippen molar-refractivity contribution in [3.63, 3.8) is 0 Å². The number of rotatable bonds is 17. The van der Waals surface area contributed by atoms with Gasteiger partial charge in [-0.05, 0) is 48.5 Å². The number of nitrogens with one attached hydrogen (secondary N) is 4. The SMILES string of the molecule is CCCC(NC(=O)C1[C@H]2CCC[C@H]2CN1C(=O)C(NC(=O)[C@H](NC(=O)c1cnccn1)C(C)C)C(C)C)C(=O)C(=O)N[C@@H](Cc1ccccc1)C(=O)O. The van der Waals surface area contributed by atoms with Crippen molar-refractivity contribution in [2.45, 2.75) is 103 Å². The second-order valence-corrected chi connectivity index (χ2v) is 14.6. The molecule has 2 aliphatic rings. The molecule has 3 unspecified atom stereocenters. The number of likely N-dealkylation sites (tertiary alicyclic amines) is 1. The van der Waals surface area contributed by atoms with Crippen LogP contribution in [0.4, 0.5) is 0 Å². The number of Topliss-reactive ketones (excluding diaryl/α,β-unsaturated/α-hetero) is 1. The molecule has 0 bridgehead atoms. The van der Waals surface area contributed by atoms with Crippen molar-refractivity contribution in [1.29, 1.82) is 0 Å². The van der Waals surface area contributed by atoms with Crippen molar-refractivity contribution in [2.75, 3.05) is 6.54 Å². The molecule has 7 atom stereocenters. The highest BCUT2D eigenvalue weighted by Gasteiger charge is 2.51. The molecule has 1 aliphatic heterocycles. The van der Waals surface area contributed by atoms with Gasteiger partial charge in [0.1, 0.15) is 29.9 Å². The Kier molecular flexibility index (Phi) is 14.2. The van der Waals surface area contributed by atoms with Crippen LogP contribution in [0.15, 0.2) is 48.9 Å². The second-order valence-electron chi connectivity index (χ2n) is 14.6. The van der Waals surface area contributed by atoms with Gasteiger partial charge in [0.15, 0.2) is 0 Å². The fourth-order valence-electron chi connectivity index (χ4n) is 7.22. The van der Waals surface area contributed by atoms with Gasteiger partial charge in [-0.15, -0.1) is 0 Å². The molecule has 0 radical (unpaired) electrons. The van der Waals surface area contributed by atoms with Gasteiger partial charge in [-0.25, -0.2) is 9.78 Å². The minimum absolute atomic E-state index is 0.0332. The first kappa shape index (κ1) is 40.6. The zero-order valence-corrected chi connectivity index (χ0v) is 30.9. The van der Waals surface area contributed by atoms with E-state index >= 15 is 0 Å². The Hall–Kier alpha value is -5.21. The number of amides is 5. The first-order valence-electron chi connectivity index (χ1n) is 18.3. The molecular formula is C38H51N7O8. The van der Waals surface area contributed by atoms with Crippen LogP contribution in [0.3, 0.4) is 0 Å². The summed E-state index contributed by atoms with van der Waals surface area (Å²) in [5, 5.41) is 20.3. The van der Waals surface area contributed by atoms with E-state index in [2.05, 4.69) is 31.2 Å². The van der Waals surface area contributed by atoms with Crippen LogP contribution in [0.25, 0.3) is 0 Å². The Morgan fingerprint density at radius 3 is 2.17 bits per heavy atom. The van der Waals surface area contributed by atoms with Crippen molar-refractivity contribution in [1.82, 2.24) is 36.1 Å². The maximum absolute atomic E-state index is 14.3. The number of fused-ring (bicyclic) bond motifs is 1. The van der Waals surface area contributed by atoms with E-state index in [0.29, 0.717) is 18.4 Å². The van der Waals surface area contributed by atoms with Gasteiger partial charge in [0, 0.05) is 25.4 Å². The summed E-state index contributed by atoms with van der Waals surface area (Å²) in [6.07, 6.45) is 6.93. The van der Waals surface area contributed by atoms with E-state index < -0.39 is 77.4 Å². The first-order valence-corrected chi connectivity index (χ1v) is 18.3. The topological polar surface area (TPSA) is 217 Å². The molecule has 1 saturated heterocycles. The largest absolute Gasteiger partial charge is 0.480 e. The molecule has 286 valence electrons. The van der Waals surface area contributed by atoms with E-state index in [0.717, 1.165) is 12.8 Å². The summed E-state index contributed by atoms with van der Waals surface area (Å²) in [6, 6.07) is 3.07. The average Bonchev–Trinajstić information content (AvgIpc) is 3.74. The lowest BCUT2D eigenvalue weighted by atomic mass is 9.92. The number of hydrogen-bond donors (Lipinski definition) is 5. The molecule has 0 spiro atoms. The molecule has 5 N–H and O–H groups in total. The van der Waals surface area contributed by atoms with Crippen molar-refractivity contribution in [3.8, 4) is 0 Å². The van der Waals surface area contributed by atoms with Crippen LogP contribution in [0.1, 0.15) is 82.8 Å². The molecule has 15 heteroatoms. The van der Waals surface area contributed by atoms with Crippen LogP contribution < -0.4 is 21.3 Å². The molecule has 1 saturated carbocycles. The lowest BCUT2D eigenvalue weighted by Crippen LogP contribution is -2.60. The van der Waals surface area contributed by atoms with E-state index in [1.54, 1.807) is 65.0 Å². The van der Waals surface area contributed by atoms with Crippen LogP contribution >= 0.6 is 0 Å². The predicted octanol–water partition coefficient (Wildman–Crippen LogP) is 1.67. The summed E-state index contributed by atoms with van der Waals surface area (Å²) in [6.45, 7) is 9.13. The zero-order chi connectivity index (χ0) is 38.8. The van der Waals surface area contributed by atoms with Gasteiger partial charge in [0.05, 0.1) is 12.2 Å². The van der Waals surface area contributed by atoms with Crippen molar-refractivity contribution in [2.24, 2.45) is 23.7 Å². The quantitative estimate of drug-likeness (QED) is 0.148. The van der Waals surface area contributed by atoms with Gasteiger partial charge in [0.25, 0.3) is 11.8 Å². The summed E-state index contributed by atoms with van der Waals surface area (Å²) >= 11 is 0. The van der Waals surface area contributed by atoms with Gasteiger partial charge in [-0.3, -0.25) is 33.8 Å². The summed E-state index contributed by atoms with van der Waals surface area (Å²) < 4.78 is 0. The number of carbonyl (C=O) groups is 7. The molecule has 15 nitrogen and oxygen atoms in total. The van der Waals surface area contributed by atoms with E-state index in [-0.39, 0.29) is 42.8 Å². The maximum Gasteiger partial charge on any atom is 0.326 e. The van der Waals surface area contributed by atoms with Crippen molar-refractivity contribution < 1.29 is 38.7 Å². The number of aromatic nitrogens is 2. The summed E-state index contributed by atoms with van der Waals surface area (Å²) in [5.41, 5.74) is 0.691. The Morgan fingerprint density at radius 2 is 1.57 bits per heavy atom. The molecule has 53 heavy (non-hydrogen) atoms. The van der Waals surface area contributed by atoms with Gasteiger partial charge >= 0.3 is 5.97 Å². The van der Waals surface area contributed by atoms with Gasteiger partial charge in [0.2, 0.25) is 23.5 Å². The number of carboxylic acid groups (broad SMARTS) is 1. The normalized spacial score (nSPS) is 20.1. The van der Waals surface area contributed by atoms with Crippen molar-refractivity contribution >= 4 is 41.3 Å². The van der Waals surface area contributed by atoms with Crippen LogP contribution in [0.5, 0.6) is 0 Å². The number of benzene rings is 1. The van der Waals surface area contributed by atoms with E-state index in [4.69, 9.17) is 0 Å². The number of ketones is 1. The number of carbonyl (C=O) groups excluding carboxylic acids is 6. The highest BCUT2D eigenvalue weighted by Crippen LogP contribution is 2.42. The fourth-order valence-corrected chi connectivity index (χ4v) is 7.22. The fraction of sp³-hybridized carbons (Fsp3) is 0.553. The number of hydrogen-bond acceptors (Lipinski definition) is 9. The smallest absolute Gasteiger partial charge is 0.326 e. The van der Waals surface area contributed by atoms with E-state index in [1.807, 2.05) is 0 Å². The number of carboxylic acids is 1. The van der Waals surface area contributed by atoms with Gasteiger partial charge in [-0.1, -0.05) is 77.8 Å². The van der Waals surface area contributed by atoms with Crippen LogP contribution in [-0.2, 0) is 35.2 Å². The third-order valence-corrected chi connectivity index (χ3v) is 10.0. The lowest BCUT2D eigenvalue weighted by Gasteiger charge is -2.34. The van der Waals surface area contributed by atoms with Crippen LogP contribution in [-0.4, -0.2) is 98.0 Å². The highest BCUT2D eigenvalue weighted by molar-refractivity contribution is 6.38. The third-order valence-electron chi connectivity index (χ3n) is 10.0. The Morgan fingerprint density at radius 1 is 0.868 bits per heavy atom. The van der Waals surface area contributed by atoms with Crippen LogP contribution in [0.2, 0.25) is 0 Å². The summed E-state index contributed by atoms with van der Waals surface area (Å²) in [5.74, 6) is -6.53. The second kappa shape index (κ2) is 18.5.